The minimum atomic E-state index is -0.885. The van der Waals surface area contributed by atoms with Crippen molar-refractivity contribution in [3.63, 3.8) is 0 Å². The topological polar surface area (TPSA) is 20.2 Å². The number of hydrogen-bond donors (Lipinski definition) is 1. The fourth-order valence-electron chi connectivity index (χ4n) is 2.84. The first-order valence-electron chi connectivity index (χ1n) is 6.62. The molecule has 0 spiro atoms. The molecule has 3 heteroatoms. The summed E-state index contributed by atoms with van der Waals surface area (Å²) in [6.45, 7) is 4.42. The summed E-state index contributed by atoms with van der Waals surface area (Å²) in [4.78, 5) is 0. The van der Waals surface area contributed by atoms with Crippen LogP contribution < -0.4 is 0 Å². The molecule has 100 valence electrons. The van der Waals surface area contributed by atoms with E-state index in [0.717, 1.165) is 31.4 Å². The number of aliphatic hydroxyl groups is 1. The monoisotopic (exact) mass is 254 g/mol. The molecule has 4 unspecified atom stereocenters. The van der Waals surface area contributed by atoms with Gasteiger partial charge in [0.2, 0.25) is 0 Å². The standard InChI is InChI=1S/C15H20F2O/c1-9-3-4-11(7-10(9)2)15(18)12-5-6-13(16)14(17)8-12/h5-6,8-11,15,18H,3-4,7H2,1-2H3. The van der Waals surface area contributed by atoms with Crippen LogP contribution in [0.4, 0.5) is 8.78 Å². The molecule has 0 aliphatic heterocycles. The van der Waals surface area contributed by atoms with E-state index in [4.69, 9.17) is 0 Å². The maximum atomic E-state index is 13.2. The van der Waals surface area contributed by atoms with Gasteiger partial charge in [-0.1, -0.05) is 26.3 Å². The van der Waals surface area contributed by atoms with Crippen molar-refractivity contribution in [1.82, 2.24) is 0 Å². The molecule has 1 nitrogen and oxygen atoms in total. The quantitative estimate of drug-likeness (QED) is 0.843. The average Bonchev–Trinajstić information content (AvgIpc) is 2.35. The summed E-state index contributed by atoms with van der Waals surface area (Å²) in [7, 11) is 0. The van der Waals surface area contributed by atoms with E-state index in [9.17, 15) is 13.9 Å². The molecule has 0 saturated heterocycles. The fourth-order valence-corrected chi connectivity index (χ4v) is 2.84. The number of benzene rings is 1. The van der Waals surface area contributed by atoms with Crippen molar-refractivity contribution in [2.24, 2.45) is 17.8 Å². The molecule has 2 rings (SSSR count). The van der Waals surface area contributed by atoms with Crippen molar-refractivity contribution >= 4 is 0 Å². The van der Waals surface area contributed by atoms with E-state index in [-0.39, 0.29) is 5.92 Å². The van der Waals surface area contributed by atoms with E-state index in [1.54, 1.807) is 0 Å². The van der Waals surface area contributed by atoms with Gasteiger partial charge in [0.1, 0.15) is 0 Å². The van der Waals surface area contributed by atoms with Crippen molar-refractivity contribution in [3.05, 3.63) is 35.4 Å². The van der Waals surface area contributed by atoms with Crippen LogP contribution in [0.25, 0.3) is 0 Å². The Morgan fingerprint density at radius 2 is 1.83 bits per heavy atom. The zero-order valence-corrected chi connectivity index (χ0v) is 10.9. The molecule has 1 saturated carbocycles. The Balaban J connectivity index is 2.11. The first-order valence-corrected chi connectivity index (χ1v) is 6.62. The van der Waals surface area contributed by atoms with Crippen molar-refractivity contribution in [2.75, 3.05) is 0 Å². The van der Waals surface area contributed by atoms with E-state index in [2.05, 4.69) is 13.8 Å². The molecule has 0 heterocycles. The number of rotatable bonds is 2. The number of hydrogen-bond acceptors (Lipinski definition) is 1. The predicted molar refractivity (Wildman–Crippen MR) is 67.0 cm³/mol. The van der Waals surface area contributed by atoms with Crippen LogP contribution in [0, 0.1) is 29.4 Å². The summed E-state index contributed by atoms with van der Waals surface area (Å²) in [5.74, 6) is -0.344. The molecule has 0 amide bonds. The van der Waals surface area contributed by atoms with Gasteiger partial charge in [0.05, 0.1) is 6.10 Å². The van der Waals surface area contributed by atoms with Crippen LogP contribution in [-0.2, 0) is 0 Å². The smallest absolute Gasteiger partial charge is 0.159 e. The lowest BCUT2D eigenvalue weighted by Gasteiger charge is -2.34. The Morgan fingerprint density at radius 3 is 2.44 bits per heavy atom. The minimum absolute atomic E-state index is 0.154. The zero-order chi connectivity index (χ0) is 13.3. The van der Waals surface area contributed by atoms with Gasteiger partial charge in [-0.25, -0.2) is 8.78 Å². The molecule has 0 radical (unpaired) electrons. The van der Waals surface area contributed by atoms with E-state index in [1.807, 2.05) is 0 Å². The van der Waals surface area contributed by atoms with Gasteiger partial charge in [0.15, 0.2) is 11.6 Å². The average molecular weight is 254 g/mol. The molecular formula is C15H20F2O. The van der Waals surface area contributed by atoms with Gasteiger partial charge in [0, 0.05) is 0 Å². The molecular weight excluding hydrogens is 234 g/mol. The summed E-state index contributed by atoms with van der Waals surface area (Å²) in [5.41, 5.74) is 0.487. The second-order valence-electron chi connectivity index (χ2n) is 5.65. The third-order valence-electron chi connectivity index (χ3n) is 4.37. The second-order valence-corrected chi connectivity index (χ2v) is 5.65. The van der Waals surface area contributed by atoms with Crippen LogP contribution in [0.1, 0.15) is 44.8 Å². The molecule has 0 bridgehead atoms. The Labute approximate surface area is 107 Å². The van der Waals surface area contributed by atoms with Gasteiger partial charge in [0.25, 0.3) is 0 Å². The molecule has 4 atom stereocenters. The van der Waals surface area contributed by atoms with Crippen molar-refractivity contribution < 1.29 is 13.9 Å². The van der Waals surface area contributed by atoms with Crippen LogP contribution in [0.15, 0.2) is 18.2 Å². The lowest BCUT2D eigenvalue weighted by atomic mass is 9.73. The minimum Gasteiger partial charge on any atom is -0.388 e. The van der Waals surface area contributed by atoms with Crippen molar-refractivity contribution in [2.45, 2.75) is 39.2 Å². The molecule has 1 aromatic carbocycles. The third kappa shape index (κ3) is 2.72. The summed E-state index contributed by atoms with van der Waals surface area (Å²) in [6, 6.07) is 3.68. The van der Waals surface area contributed by atoms with E-state index < -0.39 is 17.7 Å². The van der Waals surface area contributed by atoms with Crippen molar-refractivity contribution in [3.8, 4) is 0 Å². The first kappa shape index (κ1) is 13.5. The number of halogens is 2. The third-order valence-corrected chi connectivity index (χ3v) is 4.37. The maximum Gasteiger partial charge on any atom is 0.159 e. The van der Waals surface area contributed by atoms with Crippen LogP contribution in [0.5, 0.6) is 0 Å². The van der Waals surface area contributed by atoms with Gasteiger partial charge in [-0.3, -0.25) is 0 Å². The Hall–Kier alpha value is -0.960. The zero-order valence-electron chi connectivity index (χ0n) is 10.9. The highest BCUT2D eigenvalue weighted by Gasteiger charge is 2.30. The van der Waals surface area contributed by atoms with E-state index >= 15 is 0 Å². The molecule has 1 aliphatic rings. The Morgan fingerprint density at radius 1 is 1.11 bits per heavy atom. The summed E-state index contributed by atoms with van der Waals surface area (Å²) < 4.78 is 26.0. The fraction of sp³-hybridized carbons (Fsp3) is 0.600. The Kier molecular flexibility index (Phi) is 4.00. The summed E-state index contributed by atoms with van der Waals surface area (Å²) >= 11 is 0. The van der Waals surface area contributed by atoms with E-state index in [0.29, 0.717) is 17.4 Å². The highest BCUT2D eigenvalue weighted by molar-refractivity contribution is 5.20. The van der Waals surface area contributed by atoms with Crippen LogP contribution in [0.3, 0.4) is 0 Å². The summed E-state index contributed by atoms with van der Waals surface area (Å²) in [5, 5.41) is 10.3. The molecule has 1 aliphatic carbocycles. The highest BCUT2D eigenvalue weighted by atomic mass is 19.2. The molecule has 18 heavy (non-hydrogen) atoms. The van der Waals surface area contributed by atoms with Gasteiger partial charge < -0.3 is 5.11 Å². The van der Waals surface area contributed by atoms with Gasteiger partial charge >= 0.3 is 0 Å². The highest BCUT2D eigenvalue weighted by Crippen LogP contribution is 2.39. The normalized spacial score (nSPS) is 30.2. The lowest BCUT2D eigenvalue weighted by Crippen LogP contribution is -2.25. The molecule has 1 N–H and O–H groups in total. The first-order chi connectivity index (χ1) is 8.49. The largest absolute Gasteiger partial charge is 0.388 e. The number of aliphatic hydroxyl groups excluding tert-OH is 1. The van der Waals surface area contributed by atoms with Gasteiger partial charge in [-0.15, -0.1) is 0 Å². The molecule has 0 aromatic heterocycles. The van der Waals surface area contributed by atoms with Crippen LogP contribution >= 0.6 is 0 Å². The van der Waals surface area contributed by atoms with Gasteiger partial charge in [-0.05, 0) is 48.3 Å². The summed E-state index contributed by atoms with van der Waals surface area (Å²) in [6.07, 6.45) is 2.30. The molecule has 1 aromatic rings. The lowest BCUT2D eigenvalue weighted by molar-refractivity contribution is 0.0558. The van der Waals surface area contributed by atoms with Crippen LogP contribution in [-0.4, -0.2) is 5.11 Å². The predicted octanol–water partition coefficient (Wildman–Crippen LogP) is 4.07. The molecule has 1 fully saturated rings. The van der Waals surface area contributed by atoms with Crippen LogP contribution in [0.2, 0.25) is 0 Å². The Bertz CT molecular complexity index is 419. The maximum absolute atomic E-state index is 13.2. The SMILES string of the molecule is CC1CCC(C(O)c2ccc(F)c(F)c2)CC1C. The van der Waals surface area contributed by atoms with Crippen molar-refractivity contribution in [1.29, 1.82) is 0 Å². The van der Waals surface area contributed by atoms with E-state index in [1.165, 1.54) is 6.07 Å². The van der Waals surface area contributed by atoms with Gasteiger partial charge in [-0.2, -0.15) is 0 Å². The second kappa shape index (κ2) is 5.35.